The molecule has 0 aromatic carbocycles. The van der Waals surface area contributed by atoms with Crippen LogP contribution in [0.1, 0.15) is 51.5 Å². The number of amides is 1. The number of aromatic nitrogens is 1. The van der Waals surface area contributed by atoms with Crippen LogP contribution >= 0.6 is 0 Å². The molecule has 2 fully saturated rings. The van der Waals surface area contributed by atoms with E-state index in [1.54, 1.807) is 16.7 Å². The number of sulfonamides is 1. The second-order valence-electron chi connectivity index (χ2n) is 8.34. The molecule has 2 saturated heterocycles. The summed E-state index contributed by atoms with van der Waals surface area (Å²) in [6, 6.07) is 4.01. The van der Waals surface area contributed by atoms with Gasteiger partial charge in [0.2, 0.25) is 10.0 Å². The van der Waals surface area contributed by atoms with Crippen LogP contribution in [0.15, 0.2) is 24.5 Å². The van der Waals surface area contributed by atoms with Gasteiger partial charge in [-0.15, -0.1) is 0 Å². The lowest BCUT2D eigenvalue weighted by Gasteiger charge is -2.33. The summed E-state index contributed by atoms with van der Waals surface area (Å²) in [7, 11) is -3.41. The van der Waals surface area contributed by atoms with E-state index in [0.717, 1.165) is 12.8 Å². The molecular formula is C19H29N3O4S. The van der Waals surface area contributed by atoms with E-state index in [0.29, 0.717) is 32.0 Å². The molecule has 0 radical (unpaired) electrons. The molecule has 0 saturated carbocycles. The predicted octanol–water partition coefficient (Wildman–Crippen LogP) is 2.60. The van der Waals surface area contributed by atoms with Crippen LogP contribution in [0, 0.1) is 0 Å². The first-order chi connectivity index (χ1) is 12.7. The van der Waals surface area contributed by atoms with E-state index in [2.05, 4.69) is 4.98 Å². The van der Waals surface area contributed by atoms with Gasteiger partial charge >= 0.3 is 6.09 Å². The molecule has 0 spiro atoms. The number of ether oxygens (including phenoxy) is 1. The summed E-state index contributed by atoms with van der Waals surface area (Å²) in [5.41, 5.74) is 0.641. The average molecular weight is 396 g/mol. The van der Waals surface area contributed by atoms with E-state index in [4.69, 9.17) is 4.74 Å². The van der Waals surface area contributed by atoms with Gasteiger partial charge in [-0.3, -0.25) is 4.98 Å². The zero-order chi connectivity index (χ0) is 19.7. The minimum atomic E-state index is -3.41. The molecule has 8 heteroatoms. The average Bonchev–Trinajstić information content (AvgIpc) is 3.12. The maximum Gasteiger partial charge on any atom is 0.410 e. The van der Waals surface area contributed by atoms with Crippen molar-refractivity contribution in [3.05, 3.63) is 30.1 Å². The van der Waals surface area contributed by atoms with Crippen molar-refractivity contribution in [3.8, 4) is 0 Å². The number of rotatable bonds is 3. The number of hydrogen-bond acceptors (Lipinski definition) is 5. The van der Waals surface area contributed by atoms with Crippen LogP contribution in [-0.4, -0.2) is 65.7 Å². The zero-order valence-corrected chi connectivity index (χ0v) is 17.1. The van der Waals surface area contributed by atoms with Gasteiger partial charge in [0.1, 0.15) is 5.60 Å². The Hall–Kier alpha value is -1.67. The van der Waals surface area contributed by atoms with Crippen molar-refractivity contribution < 1.29 is 17.9 Å². The maximum atomic E-state index is 13.0. The van der Waals surface area contributed by atoms with Crippen molar-refractivity contribution in [2.45, 2.75) is 56.8 Å². The van der Waals surface area contributed by atoms with Gasteiger partial charge in [-0.1, -0.05) is 0 Å². The van der Waals surface area contributed by atoms with Gasteiger partial charge < -0.3 is 9.64 Å². The fourth-order valence-corrected chi connectivity index (χ4v) is 5.67. The molecule has 3 heterocycles. The highest BCUT2D eigenvalue weighted by molar-refractivity contribution is 7.89. The molecule has 7 nitrogen and oxygen atoms in total. The van der Waals surface area contributed by atoms with Gasteiger partial charge in [0.15, 0.2) is 0 Å². The highest BCUT2D eigenvalue weighted by atomic mass is 32.2. The molecule has 2 aliphatic rings. The number of carbonyl (C=O) groups is 1. The second kappa shape index (κ2) is 7.75. The van der Waals surface area contributed by atoms with Crippen molar-refractivity contribution in [1.29, 1.82) is 0 Å². The van der Waals surface area contributed by atoms with Crippen molar-refractivity contribution >= 4 is 16.1 Å². The third kappa shape index (κ3) is 4.79. The minimum Gasteiger partial charge on any atom is -0.444 e. The Balaban J connectivity index is 1.57. The molecule has 1 aromatic heterocycles. The largest absolute Gasteiger partial charge is 0.444 e. The first-order valence-corrected chi connectivity index (χ1v) is 11.0. The highest BCUT2D eigenvalue weighted by Gasteiger charge is 2.41. The van der Waals surface area contributed by atoms with Crippen LogP contribution in [0.4, 0.5) is 4.79 Å². The molecule has 1 aromatic rings. The molecule has 1 amide bonds. The van der Waals surface area contributed by atoms with Crippen molar-refractivity contribution in [2.24, 2.45) is 0 Å². The normalized spacial score (nSPS) is 22.8. The van der Waals surface area contributed by atoms with Crippen LogP contribution in [0.2, 0.25) is 0 Å². The van der Waals surface area contributed by atoms with E-state index in [-0.39, 0.29) is 6.54 Å². The van der Waals surface area contributed by atoms with E-state index in [9.17, 15) is 13.2 Å². The minimum absolute atomic E-state index is 0.210. The Morgan fingerprint density at radius 3 is 2.33 bits per heavy atom. The van der Waals surface area contributed by atoms with E-state index in [1.165, 1.54) is 10.5 Å². The molecule has 0 bridgehead atoms. The summed E-state index contributed by atoms with van der Waals surface area (Å²) < 4.78 is 33.0. The second-order valence-corrected chi connectivity index (χ2v) is 10.5. The summed E-state index contributed by atoms with van der Waals surface area (Å²) in [6.45, 7) is 7.11. The van der Waals surface area contributed by atoms with Gasteiger partial charge in [0, 0.05) is 38.6 Å². The molecule has 0 unspecified atom stereocenters. The van der Waals surface area contributed by atoms with Crippen LogP contribution in [-0.2, 0) is 14.8 Å². The van der Waals surface area contributed by atoms with Gasteiger partial charge in [-0.25, -0.2) is 17.5 Å². The van der Waals surface area contributed by atoms with Gasteiger partial charge in [0.05, 0.1) is 5.25 Å². The van der Waals surface area contributed by atoms with E-state index >= 15 is 0 Å². The summed E-state index contributed by atoms with van der Waals surface area (Å²) in [6.07, 6.45) is 5.21. The lowest BCUT2D eigenvalue weighted by atomic mass is 9.91. The molecular weight excluding hydrogens is 366 g/mol. The van der Waals surface area contributed by atoms with Crippen molar-refractivity contribution in [1.82, 2.24) is 14.2 Å². The van der Waals surface area contributed by atoms with E-state index in [1.807, 2.05) is 32.9 Å². The molecule has 27 heavy (non-hydrogen) atoms. The Morgan fingerprint density at radius 1 is 1.11 bits per heavy atom. The lowest BCUT2D eigenvalue weighted by molar-refractivity contribution is 0.0295. The number of carbonyl (C=O) groups excluding carboxylic acids is 1. The number of piperidine rings is 1. The van der Waals surface area contributed by atoms with Gasteiger partial charge in [-0.05, 0) is 63.6 Å². The highest BCUT2D eigenvalue weighted by Crippen LogP contribution is 2.31. The van der Waals surface area contributed by atoms with Crippen LogP contribution in [0.25, 0.3) is 0 Å². The topological polar surface area (TPSA) is 79.8 Å². The van der Waals surface area contributed by atoms with E-state index < -0.39 is 27.0 Å². The van der Waals surface area contributed by atoms with Crippen LogP contribution < -0.4 is 0 Å². The maximum absolute atomic E-state index is 13.0. The fourth-order valence-electron chi connectivity index (χ4n) is 3.75. The van der Waals surface area contributed by atoms with Crippen molar-refractivity contribution in [2.75, 3.05) is 26.2 Å². The number of hydrogen-bond donors (Lipinski definition) is 0. The quantitative estimate of drug-likeness (QED) is 0.786. The van der Waals surface area contributed by atoms with Gasteiger partial charge in [0.25, 0.3) is 0 Å². The molecule has 150 valence electrons. The summed E-state index contributed by atoms with van der Waals surface area (Å²) in [4.78, 5) is 17.8. The Kier molecular flexibility index (Phi) is 5.76. The zero-order valence-electron chi connectivity index (χ0n) is 16.3. The van der Waals surface area contributed by atoms with Crippen molar-refractivity contribution in [3.63, 3.8) is 0 Å². The predicted molar refractivity (Wildman–Crippen MR) is 103 cm³/mol. The monoisotopic (exact) mass is 395 g/mol. The number of nitrogens with zero attached hydrogens (tertiary/aromatic N) is 3. The third-order valence-corrected chi connectivity index (χ3v) is 7.52. The first-order valence-electron chi connectivity index (χ1n) is 9.53. The molecule has 0 aliphatic carbocycles. The fraction of sp³-hybridized carbons (Fsp3) is 0.684. The SMILES string of the molecule is CC(C)(C)OC(=O)N1CC[C@H](S(=O)(=O)N2CCC(c3ccncc3)CC2)C1. The number of pyridine rings is 1. The Labute approximate surface area is 161 Å². The van der Waals surface area contributed by atoms with Gasteiger partial charge in [-0.2, -0.15) is 0 Å². The Morgan fingerprint density at radius 2 is 1.74 bits per heavy atom. The van der Waals surface area contributed by atoms with Crippen LogP contribution in [0.3, 0.4) is 0 Å². The standard InChI is InChI=1S/C19H29N3O4S/c1-19(2,3)26-18(23)21-11-8-17(14-21)27(24,25)22-12-6-16(7-13-22)15-4-9-20-10-5-15/h4-5,9-10,16-17H,6-8,11-14H2,1-3H3/t17-/m0/s1. The molecule has 3 rings (SSSR count). The molecule has 1 atom stereocenters. The summed E-state index contributed by atoms with van der Waals surface area (Å²) in [5.74, 6) is 0.376. The number of likely N-dealkylation sites (tertiary alicyclic amines) is 1. The third-order valence-electron chi connectivity index (χ3n) is 5.21. The first kappa shape index (κ1) is 20.1. The summed E-state index contributed by atoms with van der Waals surface area (Å²) in [5, 5.41) is -0.539. The molecule has 2 aliphatic heterocycles. The Bertz CT molecular complexity index is 753. The summed E-state index contributed by atoms with van der Waals surface area (Å²) >= 11 is 0. The molecule has 0 N–H and O–H groups in total. The lowest BCUT2D eigenvalue weighted by Crippen LogP contribution is -2.44. The smallest absolute Gasteiger partial charge is 0.410 e. The van der Waals surface area contributed by atoms with Crippen LogP contribution in [0.5, 0.6) is 0 Å².